The number of benzene rings is 2. The monoisotopic (exact) mass is 284 g/mol. The van der Waals surface area contributed by atoms with Crippen LogP contribution >= 0.6 is 0 Å². The van der Waals surface area contributed by atoms with Gasteiger partial charge in [-0.2, -0.15) is 0 Å². The van der Waals surface area contributed by atoms with Gasteiger partial charge >= 0.3 is 5.97 Å². The minimum atomic E-state index is -0.612. The van der Waals surface area contributed by atoms with Crippen LogP contribution in [0.3, 0.4) is 0 Å². The largest absolute Gasteiger partial charge is 0.452 e. The molecular weight excluding hydrogens is 268 g/mol. The maximum atomic E-state index is 11.9. The maximum Gasteiger partial charge on any atom is 0.340 e. The average molecular weight is 284 g/mol. The quantitative estimate of drug-likeness (QED) is 0.667. The van der Waals surface area contributed by atoms with E-state index in [2.05, 4.69) is 5.32 Å². The van der Waals surface area contributed by atoms with Gasteiger partial charge in [-0.25, -0.2) is 4.79 Å². The van der Waals surface area contributed by atoms with Gasteiger partial charge in [0.05, 0.1) is 5.56 Å². The predicted octanol–water partition coefficient (Wildman–Crippen LogP) is 2.37. The van der Waals surface area contributed by atoms with Crippen LogP contribution < -0.4 is 11.1 Å². The molecule has 0 saturated carbocycles. The summed E-state index contributed by atoms with van der Waals surface area (Å²) in [6, 6.07) is 14.0. The summed E-state index contributed by atoms with van der Waals surface area (Å²) in [6.07, 6.45) is 0. The van der Waals surface area contributed by atoms with Crippen LogP contribution in [0.15, 0.2) is 48.5 Å². The molecule has 5 nitrogen and oxygen atoms in total. The van der Waals surface area contributed by atoms with E-state index >= 15 is 0 Å². The van der Waals surface area contributed by atoms with Gasteiger partial charge in [0.15, 0.2) is 6.61 Å². The number of ether oxygens (including phenoxy) is 1. The van der Waals surface area contributed by atoms with Crippen molar-refractivity contribution in [1.82, 2.24) is 0 Å². The van der Waals surface area contributed by atoms with Crippen molar-refractivity contribution in [3.63, 3.8) is 0 Å². The number of nitrogen functional groups attached to an aromatic ring is 1. The number of para-hydroxylation sites is 2. The van der Waals surface area contributed by atoms with Crippen LogP contribution in [0.25, 0.3) is 0 Å². The molecule has 2 aromatic carbocycles. The van der Waals surface area contributed by atoms with Crippen molar-refractivity contribution in [1.29, 1.82) is 0 Å². The lowest BCUT2D eigenvalue weighted by molar-refractivity contribution is -0.119. The van der Waals surface area contributed by atoms with Gasteiger partial charge in [0, 0.05) is 11.4 Å². The number of esters is 1. The summed E-state index contributed by atoms with van der Waals surface area (Å²) in [5, 5.41) is 2.63. The zero-order chi connectivity index (χ0) is 15.2. The third-order valence-electron chi connectivity index (χ3n) is 2.94. The second-order valence-electron chi connectivity index (χ2n) is 4.53. The SMILES string of the molecule is Cc1cccc(C(=O)OCC(=O)Nc2ccccc2)c1N. The third kappa shape index (κ3) is 3.82. The van der Waals surface area contributed by atoms with Crippen LogP contribution in [-0.4, -0.2) is 18.5 Å². The molecule has 21 heavy (non-hydrogen) atoms. The van der Waals surface area contributed by atoms with Crippen molar-refractivity contribution in [3.8, 4) is 0 Å². The molecule has 108 valence electrons. The minimum Gasteiger partial charge on any atom is -0.452 e. The topological polar surface area (TPSA) is 81.4 Å². The Labute approximate surface area is 122 Å². The Morgan fingerprint density at radius 3 is 2.52 bits per heavy atom. The van der Waals surface area contributed by atoms with Crippen molar-refractivity contribution < 1.29 is 14.3 Å². The molecule has 0 aromatic heterocycles. The molecule has 2 aromatic rings. The van der Waals surface area contributed by atoms with E-state index in [1.54, 1.807) is 49.4 Å². The van der Waals surface area contributed by atoms with E-state index < -0.39 is 11.9 Å². The Morgan fingerprint density at radius 2 is 1.81 bits per heavy atom. The van der Waals surface area contributed by atoms with Crippen LogP contribution in [0.4, 0.5) is 11.4 Å². The molecule has 0 unspecified atom stereocenters. The van der Waals surface area contributed by atoms with E-state index in [1.807, 2.05) is 6.07 Å². The van der Waals surface area contributed by atoms with Gasteiger partial charge in [0.25, 0.3) is 5.91 Å². The zero-order valence-electron chi connectivity index (χ0n) is 11.6. The van der Waals surface area contributed by atoms with Gasteiger partial charge in [-0.3, -0.25) is 4.79 Å². The molecule has 5 heteroatoms. The maximum absolute atomic E-state index is 11.9. The van der Waals surface area contributed by atoms with Gasteiger partial charge in [-0.05, 0) is 30.7 Å². The predicted molar refractivity (Wildman–Crippen MR) is 80.9 cm³/mol. The first-order valence-electron chi connectivity index (χ1n) is 6.45. The van der Waals surface area contributed by atoms with E-state index in [0.717, 1.165) is 5.56 Å². The summed E-state index contributed by atoms with van der Waals surface area (Å²) in [6.45, 7) is 1.44. The minimum absolute atomic E-state index is 0.266. The Morgan fingerprint density at radius 1 is 1.10 bits per heavy atom. The standard InChI is InChI=1S/C16H16N2O3/c1-11-6-5-9-13(15(11)17)16(20)21-10-14(19)18-12-7-3-2-4-8-12/h2-9H,10,17H2,1H3,(H,18,19). The number of nitrogens with two attached hydrogens (primary N) is 1. The van der Waals surface area contributed by atoms with E-state index in [9.17, 15) is 9.59 Å². The van der Waals surface area contributed by atoms with Gasteiger partial charge < -0.3 is 15.8 Å². The normalized spacial score (nSPS) is 9.95. The van der Waals surface area contributed by atoms with Crippen LogP contribution in [0.5, 0.6) is 0 Å². The lowest BCUT2D eigenvalue weighted by Gasteiger charge is -2.09. The smallest absolute Gasteiger partial charge is 0.340 e. The van der Waals surface area contributed by atoms with E-state index in [0.29, 0.717) is 11.4 Å². The highest BCUT2D eigenvalue weighted by molar-refractivity contribution is 5.98. The molecule has 0 bridgehead atoms. The number of anilines is 2. The van der Waals surface area contributed by atoms with E-state index in [-0.39, 0.29) is 12.2 Å². The van der Waals surface area contributed by atoms with Crippen molar-refractivity contribution in [2.45, 2.75) is 6.92 Å². The number of carbonyl (C=O) groups excluding carboxylic acids is 2. The molecule has 1 amide bonds. The van der Waals surface area contributed by atoms with Crippen LogP contribution in [0.2, 0.25) is 0 Å². The summed E-state index contributed by atoms with van der Waals surface area (Å²) < 4.78 is 4.97. The number of hydrogen-bond acceptors (Lipinski definition) is 4. The Hall–Kier alpha value is -2.82. The number of amides is 1. The number of hydrogen-bond donors (Lipinski definition) is 2. The Balaban J connectivity index is 1.92. The highest BCUT2D eigenvalue weighted by atomic mass is 16.5. The van der Waals surface area contributed by atoms with Gasteiger partial charge in [0.1, 0.15) is 0 Å². The lowest BCUT2D eigenvalue weighted by Crippen LogP contribution is -2.21. The third-order valence-corrected chi connectivity index (χ3v) is 2.94. The zero-order valence-corrected chi connectivity index (χ0v) is 11.6. The molecule has 0 aliphatic rings. The highest BCUT2D eigenvalue weighted by Crippen LogP contribution is 2.17. The Bertz CT molecular complexity index is 654. The highest BCUT2D eigenvalue weighted by Gasteiger charge is 2.14. The Kier molecular flexibility index (Phi) is 4.56. The van der Waals surface area contributed by atoms with Gasteiger partial charge in [0.2, 0.25) is 0 Å². The fourth-order valence-electron chi connectivity index (χ4n) is 1.79. The second-order valence-corrected chi connectivity index (χ2v) is 4.53. The summed E-state index contributed by atoms with van der Waals surface area (Å²) in [5.74, 6) is -1.01. The van der Waals surface area contributed by atoms with Crippen molar-refractivity contribution >= 4 is 23.3 Å². The molecule has 3 N–H and O–H groups in total. The molecular formula is C16H16N2O3. The van der Waals surface area contributed by atoms with E-state index in [1.165, 1.54) is 0 Å². The first-order valence-corrected chi connectivity index (χ1v) is 6.45. The lowest BCUT2D eigenvalue weighted by atomic mass is 10.1. The summed E-state index contributed by atoms with van der Waals surface area (Å²) >= 11 is 0. The number of nitrogens with one attached hydrogen (secondary N) is 1. The summed E-state index contributed by atoms with van der Waals surface area (Å²) in [4.78, 5) is 23.6. The van der Waals surface area contributed by atoms with Crippen LogP contribution in [0, 0.1) is 6.92 Å². The number of aryl methyl sites for hydroxylation is 1. The molecule has 0 saturated heterocycles. The first-order chi connectivity index (χ1) is 10.1. The molecule has 0 radical (unpaired) electrons. The van der Waals surface area contributed by atoms with Crippen molar-refractivity contribution in [2.24, 2.45) is 0 Å². The average Bonchev–Trinajstić information content (AvgIpc) is 2.48. The van der Waals surface area contributed by atoms with Crippen molar-refractivity contribution in [3.05, 3.63) is 59.7 Å². The van der Waals surface area contributed by atoms with E-state index in [4.69, 9.17) is 10.5 Å². The molecule has 0 aliphatic carbocycles. The molecule has 0 fully saturated rings. The van der Waals surface area contributed by atoms with Gasteiger partial charge in [-0.15, -0.1) is 0 Å². The first kappa shape index (κ1) is 14.6. The summed E-state index contributed by atoms with van der Waals surface area (Å²) in [5.41, 5.74) is 7.88. The fourth-order valence-corrected chi connectivity index (χ4v) is 1.79. The number of rotatable bonds is 4. The molecule has 0 heterocycles. The molecule has 2 rings (SSSR count). The summed E-state index contributed by atoms with van der Waals surface area (Å²) in [7, 11) is 0. The van der Waals surface area contributed by atoms with Gasteiger partial charge in [-0.1, -0.05) is 30.3 Å². The van der Waals surface area contributed by atoms with Crippen LogP contribution in [0.1, 0.15) is 15.9 Å². The second kappa shape index (κ2) is 6.56. The van der Waals surface area contributed by atoms with Crippen LogP contribution in [-0.2, 0) is 9.53 Å². The molecule has 0 spiro atoms. The number of carbonyl (C=O) groups is 2. The molecule has 0 aliphatic heterocycles. The fraction of sp³-hybridized carbons (Fsp3) is 0.125. The molecule has 0 atom stereocenters. The van der Waals surface area contributed by atoms with Crippen molar-refractivity contribution in [2.75, 3.05) is 17.7 Å².